The Morgan fingerprint density at radius 3 is 2.06 bits per heavy atom. The maximum Gasteiger partial charge on any atom is 0.327 e. The first-order valence-corrected chi connectivity index (χ1v) is 10.6. The highest BCUT2D eigenvalue weighted by Crippen LogP contribution is 2.04. The summed E-state index contributed by atoms with van der Waals surface area (Å²) in [7, 11) is 0. The normalized spacial score (nSPS) is 14.2. The second-order valence-corrected chi connectivity index (χ2v) is 7.63. The Bertz CT molecular complexity index is 895. The lowest BCUT2D eigenvalue weighted by atomic mass is 10.1. The topological polar surface area (TPSA) is 265 Å². The number of nitrogens with two attached hydrogens (primary N) is 3. The number of hydrogen-bond donors (Lipinski definition) is 9. The molecule has 4 unspecified atom stereocenters. The zero-order valence-electron chi connectivity index (χ0n) is 18.0. The van der Waals surface area contributed by atoms with E-state index in [1.165, 1.54) is 12.5 Å². The van der Waals surface area contributed by atoms with E-state index >= 15 is 0 Å². The third kappa shape index (κ3) is 9.86. The van der Waals surface area contributed by atoms with Crippen molar-refractivity contribution in [1.29, 1.82) is 0 Å². The quantitative estimate of drug-likeness (QED) is 0.106. The van der Waals surface area contributed by atoms with Crippen LogP contribution in [0.3, 0.4) is 0 Å². The minimum atomic E-state index is -1.53. The largest absolute Gasteiger partial charge is 0.480 e. The van der Waals surface area contributed by atoms with Gasteiger partial charge in [0.1, 0.15) is 18.1 Å². The number of amides is 5. The van der Waals surface area contributed by atoms with E-state index in [1.54, 1.807) is 0 Å². The van der Waals surface area contributed by atoms with E-state index in [-0.39, 0.29) is 25.0 Å². The van der Waals surface area contributed by atoms with Crippen LogP contribution in [-0.2, 0) is 35.2 Å². The lowest BCUT2D eigenvalue weighted by Gasteiger charge is -2.24. The summed E-state index contributed by atoms with van der Waals surface area (Å²) in [6.45, 7) is 0. The SMILES string of the molecule is NC(=O)CCC(N)C(=O)NC(Cc1cnc[nH]1)C(=O)NC(CC(N)=O)C(=O)NC(CS)C(=O)O. The molecule has 1 aromatic rings. The standard InChI is InChI=1S/C18H28N8O7S/c19-9(1-2-13(20)27)15(29)24-10(3-8-5-22-7-23-8)16(30)25-11(4-14(21)28)17(31)26-12(6-34)18(32)33/h5,7,9-12,34H,1-4,6,19H2,(H2,20,27)(H2,21,28)(H,22,23)(H,24,29)(H,25,30)(H,26,31)(H,32,33). The van der Waals surface area contributed by atoms with Crippen molar-refractivity contribution in [1.82, 2.24) is 25.9 Å². The lowest BCUT2D eigenvalue weighted by Crippen LogP contribution is -2.58. The molecule has 1 heterocycles. The number of carboxylic acids is 1. The average molecular weight is 501 g/mol. The van der Waals surface area contributed by atoms with Crippen LogP contribution in [0.25, 0.3) is 0 Å². The first-order valence-electron chi connectivity index (χ1n) is 9.98. The predicted octanol–water partition coefficient (Wildman–Crippen LogP) is -4.11. The molecule has 0 fully saturated rings. The third-order valence-corrected chi connectivity index (χ3v) is 4.85. The van der Waals surface area contributed by atoms with Crippen molar-refractivity contribution in [3.05, 3.63) is 18.2 Å². The van der Waals surface area contributed by atoms with Gasteiger partial charge in [-0.05, 0) is 6.42 Å². The molecule has 1 rings (SSSR count). The maximum atomic E-state index is 12.9. The summed E-state index contributed by atoms with van der Waals surface area (Å²) in [5.74, 6) is -5.86. The second kappa shape index (κ2) is 13.8. The molecule has 0 bridgehead atoms. The predicted molar refractivity (Wildman–Crippen MR) is 120 cm³/mol. The molecule has 16 heteroatoms. The molecule has 4 atom stereocenters. The van der Waals surface area contributed by atoms with Gasteiger partial charge < -0.3 is 43.2 Å². The number of primary amides is 2. The van der Waals surface area contributed by atoms with Crippen molar-refractivity contribution in [3.63, 3.8) is 0 Å². The highest BCUT2D eigenvalue weighted by atomic mass is 32.1. The van der Waals surface area contributed by atoms with Gasteiger partial charge in [-0.1, -0.05) is 0 Å². The molecule has 5 amide bonds. The molecule has 15 nitrogen and oxygen atoms in total. The Labute approximate surface area is 199 Å². The van der Waals surface area contributed by atoms with Gasteiger partial charge >= 0.3 is 5.97 Å². The Morgan fingerprint density at radius 2 is 1.56 bits per heavy atom. The molecular formula is C18H28N8O7S. The van der Waals surface area contributed by atoms with Gasteiger partial charge in [0, 0.05) is 30.5 Å². The van der Waals surface area contributed by atoms with E-state index in [0.29, 0.717) is 5.69 Å². The number of carbonyl (C=O) groups excluding carboxylic acids is 5. The van der Waals surface area contributed by atoms with Crippen LogP contribution in [0.2, 0.25) is 0 Å². The fraction of sp³-hybridized carbons (Fsp3) is 0.500. The van der Waals surface area contributed by atoms with Crippen molar-refractivity contribution < 1.29 is 33.9 Å². The summed E-state index contributed by atoms with van der Waals surface area (Å²) >= 11 is 3.83. The number of thiol groups is 1. The molecule has 0 saturated carbocycles. The Hall–Kier alpha value is -3.66. The first kappa shape index (κ1) is 28.4. The van der Waals surface area contributed by atoms with Gasteiger partial charge in [-0.25, -0.2) is 9.78 Å². The monoisotopic (exact) mass is 500 g/mol. The van der Waals surface area contributed by atoms with Crippen LogP contribution in [-0.4, -0.2) is 80.5 Å². The summed E-state index contributed by atoms with van der Waals surface area (Å²) in [5.41, 5.74) is 16.4. The van der Waals surface area contributed by atoms with Crippen LogP contribution in [0.4, 0.5) is 0 Å². The Balaban J connectivity index is 3.01. The van der Waals surface area contributed by atoms with E-state index < -0.39 is 66.1 Å². The smallest absolute Gasteiger partial charge is 0.327 e. The van der Waals surface area contributed by atoms with Crippen LogP contribution in [0.15, 0.2) is 12.5 Å². The van der Waals surface area contributed by atoms with Crippen molar-refractivity contribution >= 4 is 48.1 Å². The van der Waals surface area contributed by atoms with Gasteiger partial charge in [-0.2, -0.15) is 12.6 Å². The van der Waals surface area contributed by atoms with Gasteiger partial charge in [0.05, 0.1) is 18.8 Å². The average Bonchev–Trinajstić information content (AvgIpc) is 3.26. The second-order valence-electron chi connectivity index (χ2n) is 7.27. The fourth-order valence-electron chi connectivity index (χ4n) is 2.67. The first-order chi connectivity index (χ1) is 15.9. The zero-order valence-corrected chi connectivity index (χ0v) is 18.9. The molecule has 188 valence electrons. The van der Waals surface area contributed by atoms with Crippen LogP contribution in [0, 0.1) is 0 Å². The molecule has 34 heavy (non-hydrogen) atoms. The van der Waals surface area contributed by atoms with Crippen molar-refractivity contribution in [3.8, 4) is 0 Å². The lowest BCUT2D eigenvalue weighted by molar-refractivity contribution is -0.141. The number of nitrogens with one attached hydrogen (secondary N) is 4. The van der Waals surface area contributed by atoms with E-state index in [4.69, 9.17) is 22.3 Å². The molecule has 0 saturated heterocycles. The summed E-state index contributed by atoms with van der Waals surface area (Å²) < 4.78 is 0. The number of aromatic amines is 1. The number of carbonyl (C=O) groups is 6. The highest BCUT2D eigenvalue weighted by molar-refractivity contribution is 7.80. The van der Waals surface area contributed by atoms with Gasteiger partial charge in [0.2, 0.25) is 29.5 Å². The summed E-state index contributed by atoms with van der Waals surface area (Å²) in [6, 6.07) is -5.35. The number of rotatable bonds is 15. The van der Waals surface area contributed by atoms with Crippen LogP contribution >= 0.6 is 12.6 Å². The highest BCUT2D eigenvalue weighted by Gasteiger charge is 2.31. The summed E-state index contributed by atoms with van der Waals surface area (Å²) in [4.78, 5) is 78.0. The molecule has 0 aliphatic carbocycles. The number of hydrogen-bond acceptors (Lipinski definition) is 9. The number of nitrogens with zero attached hydrogens (tertiary/aromatic N) is 1. The molecular weight excluding hydrogens is 472 g/mol. The van der Waals surface area contributed by atoms with E-state index in [1.807, 2.05) is 0 Å². The van der Waals surface area contributed by atoms with Crippen molar-refractivity contribution in [2.45, 2.75) is 49.9 Å². The van der Waals surface area contributed by atoms with Crippen molar-refractivity contribution in [2.24, 2.45) is 17.2 Å². The number of aromatic nitrogens is 2. The molecule has 11 N–H and O–H groups in total. The fourth-order valence-corrected chi connectivity index (χ4v) is 2.92. The minimum absolute atomic E-state index is 0.0629. The van der Waals surface area contributed by atoms with Crippen LogP contribution in [0.5, 0.6) is 0 Å². The van der Waals surface area contributed by atoms with E-state index in [2.05, 4.69) is 38.5 Å². The van der Waals surface area contributed by atoms with Crippen LogP contribution in [0.1, 0.15) is 25.0 Å². The van der Waals surface area contributed by atoms with Gasteiger partial charge in [0.25, 0.3) is 0 Å². The molecule has 0 aromatic carbocycles. The van der Waals surface area contributed by atoms with Gasteiger partial charge in [0.15, 0.2) is 0 Å². The van der Waals surface area contributed by atoms with E-state index in [9.17, 15) is 28.8 Å². The number of carboxylic acid groups (broad SMARTS) is 1. The molecule has 0 spiro atoms. The Kier molecular flexibility index (Phi) is 11.5. The molecule has 1 aromatic heterocycles. The maximum absolute atomic E-state index is 12.9. The van der Waals surface area contributed by atoms with Gasteiger partial charge in [-0.15, -0.1) is 0 Å². The molecule has 0 radical (unpaired) electrons. The minimum Gasteiger partial charge on any atom is -0.480 e. The number of imidazole rings is 1. The number of aliphatic carboxylic acids is 1. The van der Waals surface area contributed by atoms with Crippen LogP contribution < -0.4 is 33.2 Å². The summed E-state index contributed by atoms with van der Waals surface area (Å²) in [6.07, 6.45) is 1.79. The zero-order chi connectivity index (χ0) is 25.8. The van der Waals surface area contributed by atoms with E-state index in [0.717, 1.165) is 0 Å². The van der Waals surface area contributed by atoms with Gasteiger partial charge in [-0.3, -0.25) is 24.0 Å². The molecule has 0 aliphatic heterocycles. The number of H-pyrrole nitrogens is 1. The summed E-state index contributed by atoms with van der Waals surface area (Å²) in [5, 5.41) is 15.9. The Morgan fingerprint density at radius 1 is 0.971 bits per heavy atom. The van der Waals surface area contributed by atoms with Crippen molar-refractivity contribution in [2.75, 3.05) is 5.75 Å². The molecule has 0 aliphatic rings. The third-order valence-electron chi connectivity index (χ3n) is 4.49.